The fourth-order valence-corrected chi connectivity index (χ4v) is 4.25. The maximum Gasteiger partial charge on any atom is 1.00 e. The molecule has 3 nitrogen and oxygen atoms in total. The van der Waals surface area contributed by atoms with Crippen LogP contribution >= 0.6 is 8.58 Å². The number of carbonyl (C=O) groups is 1. The van der Waals surface area contributed by atoms with Crippen LogP contribution in [0.25, 0.3) is 0 Å². The number of aryl methyl sites for hydroxylation is 2. The minimum atomic E-state index is 0. The fraction of sp³-hybridized carbons (Fsp3) is 0.435. The molecule has 0 amide bonds. The van der Waals surface area contributed by atoms with E-state index in [1.165, 1.54) is 11.1 Å². The summed E-state index contributed by atoms with van der Waals surface area (Å²) in [6, 6.07) is 7.93. The maximum absolute atomic E-state index is 13.1. The Morgan fingerprint density at radius 3 is 2.18 bits per heavy atom. The first-order valence-electron chi connectivity index (χ1n) is 9.67. The van der Waals surface area contributed by atoms with Gasteiger partial charge in [0, 0.05) is 16.9 Å². The second-order valence-electron chi connectivity index (χ2n) is 6.94. The predicted molar refractivity (Wildman–Crippen MR) is 116 cm³/mol. The van der Waals surface area contributed by atoms with Crippen molar-refractivity contribution < 1.29 is 33.1 Å². The van der Waals surface area contributed by atoms with Gasteiger partial charge in [0.2, 0.25) is 0 Å². The van der Waals surface area contributed by atoms with Crippen molar-refractivity contribution in [1.82, 2.24) is 0 Å². The van der Waals surface area contributed by atoms with Crippen LogP contribution < -0.4 is 33.6 Å². The summed E-state index contributed by atoms with van der Waals surface area (Å²) in [7, 11) is 0.0309. The van der Waals surface area contributed by atoms with Crippen molar-refractivity contribution in [3.63, 3.8) is 0 Å². The normalized spacial score (nSPS) is 10.8. The summed E-state index contributed by atoms with van der Waals surface area (Å²) in [5.41, 5.74) is 5.57. The van der Waals surface area contributed by atoms with Crippen molar-refractivity contribution >= 4 is 19.4 Å². The third-order valence-corrected chi connectivity index (χ3v) is 5.88. The first-order valence-corrected chi connectivity index (χ1v) is 10.7. The monoisotopic (exact) mass is 393 g/mol. The summed E-state index contributed by atoms with van der Waals surface area (Å²) in [6.45, 7) is 13.7. The quantitative estimate of drug-likeness (QED) is 0.485. The molecule has 0 bridgehead atoms. The van der Waals surface area contributed by atoms with E-state index in [4.69, 9.17) is 9.47 Å². The molecule has 1 atom stereocenters. The van der Waals surface area contributed by atoms with Crippen LogP contribution in [0.5, 0.6) is 11.5 Å². The topological polar surface area (TPSA) is 35.5 Å². The summed E-state index contributed by atoms with van der Waals surface area (Å²) < 4.78 is 11.6. The molecular formula is C23H31LiO3P+. The van der Waals surface area contributed by atoms with Gasteiger partial charge in [0.05, 0.1) is 13.2 Å². The number of benzene rings is 2. The minimum Gasteiger partial charge on any atom is -0.493 e. The summed E-state index contributed by atoms with van der Waals surface area (Å²) >= 11 is 0. The van der Waals surface area contributed by atoms with Gasteiger partial charge >= 0.3 is 18.9 Å². The van der Waals surface area contributed by atoms with Crippen LogP contribution in [0.4, 0.5) is 0 Å². The van der Waals surface area contributed by atoms with Gasteiger partial charge in [0.1, 0.15) is 11.5 Å². The van der Waals surface area contributed by atoms with E-state index in [1.54, 1.807) is 0 Å². The van der Waals surface area contributed by atoms with Crippen LogP contribution in [0.15, 0.2) is 24.3 Å². The zero-order chi connectivity index (χ0) is 20.0. The van der Waals surface area contributed by atoms with Crippen LogP contribution in [0.3, 0.4) is 0 Å². The molecule has 0 aliphatic heterocycles. The molecule has 2 aromatic carbocycles. The molecule has 0 N–H and O–H groups in total. The Hall–Kier alpha value is -1.26. The molecule has 0 spiro atoms. The molecule has 28 heavy (non-hydrogen) atoms. The maximum atomic E-state index is 13.1. The molecule has 0 aliphatic carbocycles. The third-order valence-electron chi connectivity index (χ3n) is 4.72. The van der Waals surface area contributed by atoms with E-state index in [1.807, 2.05) is 32.0 Å². The Morgan fingerprint density at radius 2 is 1.54 bits per heavy atom. The second kappa shape index (κ2) is 11.7. The molecule has 0 fully saturated rings. The molecule has 2 rings (SSSR count). The molecule has 5 heteroatoms. The molecule has 0 aromatic heterocycles. The zero-order valence-corrected chi connectivity index (χ0v) is 19.4. The van der Waals surface area contributed by atoms with Crippen molar-refractivity contribution in [2.45, 2.75) is 54.4 Å². The molecule has 0 radical (unpaired) electrons. The van der Waals surface area contributed by atoms with Crippen molar-refractivity contribution in [2.24, 2.45) is 0 Å². The average Bonchev–Trinajstić information content (AvgIpc) is 2.64. The predicted octanol–water partition coefficient (Wildman–Crippen LogP) is 2.65. The van der Waals surface area contributed by atoms with Gasteiger partial charge in [-0.05, 0) is 83.5 Å². The van der Waals surface area contributed by atoms with Crippen LogP contribution in [-0.2, 0) is 0 Å². The summed E-state index contributed by atoms with van der Waals surface area (Å²) in [6.07, 6.45) is 1.88. The molecule has 1 unspecified atom stereocenters. The van der Waals surface area contributed by atoms with Crippen molar-refractivity contribution in [3.8, 4) is 11.5 Å². The SMILES string of the molecule is CCCOc1ccc(PC(=O)c2c(C)cc(C)c(C)c2C)c(OCCC)c1.[Li+]. The smallest absolute Gasteiger partial charge is 0.493 e. The Morgan fingerprint density at radius 1 is 0.893 bits per heavy atom. The molecule has 0 saturated carbocycles. The van der Waals surface area contributed by atoms with Crippen molar-refractivity contribution in [1.29, 1.82) is 0 Å². The van der Waals surface area contributed by atoms with Gasteiger partial charge in [-0.1, -0.05) is 19.9 Å². The number of hydrogen-bond donors (Lipinski definition) is 0. The number of ether oxygens (including phenoxy) is 2. The Labute approximate surface area is 183 Å². The number of carbonyl (C=O) groups excluding carboxylic acids is 1. The largest absolute Gasteiger partial charge is 1.00 e. The molecule has 0 saturated heterocycles. The summed E-state index contributed by atoms with van der Waals surface area (Å²) in [4.78, 5) is 13.1. The van der Waals surface area contributed by atoms with Gasteiger partial charge in [0.25, 0.3) is 0 Å². The van der Waals surface area contributed by atoms with Gasteiger partial charge in [-0.25, -0.2) is 0 Å². The molecule has 2 aromatic rings. The van der Waals surface area contributed by atoms with Crippen LogP contribution in [0.1, 0.15) is 59.3 Å². The van der Waals surface area contributed by atoms with Crippen LogP contribution in [0, 0.1) is 27.7 Å². The third kappa shape index (κ3) is 6.12. The van der Waals surface area contributed by atoms with Gasteiger partial charge in [-0.15, -0.1) is 0 Å². The first kappa shape index (κ1) is 24.8. The molecule has 146 valence electrons. The fourth-order valence-electron chi connectivity index (χ4n) is 3.07. The van der Waals surface area contributed by atoms with Gasteiger partial charge < -0.3 is 9.47 Å². The van der Waals surface area contributed by atoms with E-state index >= 15 is 0 Å². The first-order chi connectivity index (χ1) is 12.9. The number of rotatable bonds is 9. The van der Waals surface area contributed by atoms with Crippen molar-refractivity contribution in [2.75, 3.05) is 13.2 Å². The summed E-state index contributed by atoms with van der Waals surface area (Å²) in [5, 5.41) is 0.939. The van der Waals surface area contributed by atoms with E-state index in [0.717, 1.165) is 46.3 Å². The Bertz CT molecular complexity index is 818. The van der Waals surface area contributed by atoms with E-state index in [-0.39, 0.29) is 33.0 Å². The summed E-state index contributed by atoms with van der Waals surface area (Å²) in [5.74, 6) is 1.55. The van der Waals surface area contributed by atoms with Gasteiger partial charge in [-0.2, -0.15) is 0 Å². The zero-order valence-electron chi connectivity index (χ0n) is 18.4. The van der Waals surface area contributed by atoms with E-state index in [9.17, 15) is 4.79 Å². The van der Waals surface area contributed by atoms with Crippen LogP contribution in [0.2, 0.25) is 0 Å². The average molecular weight is 393 g/mol. The molecular weight excluding hydrogens is 362 g/mol. The van der Waals surface area contributed by atoms with Gasteiger partial charge in [0.15, 0.2) is 5.52 Å². The minimum absolute atomic E-state index is 0. The Kier molecular flexibility index (Phi) is 10.3. The second-order valence-corrected chi connectivity index (χ2v) is 8.19. The Balaban J connectivity index is 0.00000392. The van der Waals surface area contributed by atoms with Crippen LogP contribution in [-0.4, -0.2) is 18.7 Å². The van der Waals surface area contributed by atoms with Gasteiger partial charge in [-0.3, -0.25) is 4.79 Å². The molecule has 0 aliphatic rings. The van der Waals surface area contributed by atoms with E-state index in [0.29, 0.717) is 13.2 Å². The number of hydrogen-bond acceptors (Lipinski definition) is 3. The standard InChI is InChI=1S/C23H31O3P.Li/c1-7-11-25-19-9-10-21(20(14-19)26-12-8-2)27-23(24)22-16(4)13-15(3)17(5)18(22)6;/h9-10,13-14,27H,7-8,11-12H2,1-6H3;/q;+1. The van der Waals surface area contributed by atoms with Crippen molar-refractivity contribution in [3.05, 3.63) is 52.1 Å². The molecule has 0 heterocycles. The van der Waals surface area contributed by atoms with E-state index in [2.05, 4.69) is 33.8 Å². The van der Waals surface area contributed by atoms with E-state index < -0.39 is 0 Å².